The van der Waals surface area contributed by atoms with Crippen LogP contribution in [0.5, 0.6) is 11.1 Å². The lowest BCUT2D eigenvalue weighted by Crippen LogP contribution is -2.29. The molecule has 0 spiro atoms. The van der Waals surface area contributed by atoms with E-state index < -0.39 is 13.0 Å². The van der Waals surface area contributed by atoms with Crippen molar-refractivity contribution < 1.29 is 27.8 Å². The number of halogens is 2. The summed E-state index contributed by atoms with van der Waals surface area (Å²) in [6.45, 7) is 3.56. The zero-order chi connectivity index (χ0) is 20.8. The number of Topliss-reactive ketones (excluding diaryl/α,β-unsaturated/α-hetero) is 1. The topological polar surface area (TPSA) is 70.5 Å². The van der Waals surface area contributed by atoms with Crippen LogP contribution in [0.1, 0.15) is 46.0 Å². The van der Waals surface area contributed by atoms with Crippen LogP contribution in [0.4, 0.5) is 8.78 Å². The first-order valence-corrected chi connectivity index (χ1v) is 10.7. The van der Waals surface area contributed by atoms with E-state index in [2.05, 4.69) is 9.97 Å². The van der Waals surface area contributed by atoms with E-state index in [4.69, 9.17) is 14.2 Å². The number of ketones is 1. The highest BCUT2D eigenvalue weighted by Crippen LogP contribution is 2.32. The number of aromatic nitrogens is 2. The Labute approximate surface area is 172 Å². The number of ether oxygens (including phenoxy) is 3. The van der Waals surface area contributed by atoms with Crippen molar-refractivity contribution in [3.63, 3.8) is 0 Å². The van der Waals surface area contributed by atoms with Crippen LogP contribution in [-0.2, 0) is 9.53 Å². The molecule has 0 bridgehead atoms. The van der Waals surface area contributed by atoms with Gasteiger partial charge in [-0.1, -0.05) is 18.3 Å². The fourth-order valence-electron chi connectivity index (χ4n) is 3.38. The molecule has 0 amide bonds. The molecule has 1 atom stereocenters. The number of hydrogen-bond acceptors (Lipinski definition) is 7. The molecule has 2 aromatic rings. The monoisotopic (exact) mass is 428 g/mol. The molecule has 0 aromatic carbocycles. The summed E-state index contributed by atoms with van der Waals surface area (Å²) in [6, 6.07) is 1.61. The first kappa shape index (κ1) is 21.8. The lowest BCUT2D eigenvalue weighted by molar-refractivity contribution is -0.118. The number of hydrogen-bond donors (Lipinski definition) is 0. The first-order valence-electron chi connectivity index (χ1n) is 9.84. The van der Waals surface area contributed by atoms with Gasteiger partial charge in [0.25, 0.3) is 11.6 Å². The van der Waals surface area contributed by atoms with Gasteiger partial charge in [-0.3, -0.25) is 0 Å². The van der Waals surface area contributed by atoms with Gasteiger partial charge in [0, 0.05) is 19.1 Å². The van der Waals surface area contributed by atoms with Crippen molar-refractivity contribution in [3.8, 4) is 11.1 Å². The van der Waals surface area contributed by atoms with Gasteiger partial charge in [0.15, 0.2) is 6.61 Å². The molecule has 160 valence electrons. The molecule has 2 heterocycles. The fraction of sp³-hybridized carbons (Fsp3) is 0.650. The maximum absolute atomic E-state index is 12.3. The van der Waals surface area contributed by atoms with Gasteiger partial charge in [0.2, 0.25) is 5.88 Å². The minimum atomic E-state index is -2.54. The summed E-state index contributed by atoms with van der Waals surface area (Å²) in [5.41, 5.74) is 0.658. The summed E-state index contributed by atoms with van der Waals surface area (Å²) < 4.78 is 42.2. The molecule has 1 saturated carbocycles. The quantitative estimate of drug-likeness (QED) is 0.548. The lowest BCUT2D eigenvalue weighted by Gasteiger charge is -2.29. The van der Waals surface area contributed by atoms with Gasteiger partial charge in [-0.15, -0.1) is 0 Å². The van der Waals surface area contributed by atoms with Crippen LogP contribution >= 0.6 is 11.3 Å². The van der Waals surface area contributed by atoms with Gasteiger partial charge < -0.3 is 19.0 Å². The van der Waals surface area contributed by atoms with Crippen molar-refractivity contribution in [2.75, 3.05) is 13.2 Å². The second-order valence-electron chi connectivity index (χ2n) is 7.53. The van der Waals surface area contributed by atoms with E-state index >= 15 is 0 Å². The van der Waals surface area contributed by atoms with E-state index in [1.807, 2.05) is 6.92 Å². The number of rotatable bonds is 10. The Morgan fingerprint density at radius 1 is 1.24 bits per heavy atom. The molecule has 1 fully saturated rings. The maximum Gasteiger partial charge on any atom is 0.274 e. The van der Waals surface area contributed by atoms with Gasteiger partial charge in [-0.05, 0) is 38.5 Å². The molecule has 1 aliphatic rings. The normalized spacial score (nSPS) is 20.7. The first-order chi connectivity index (χ1) is 13.9. The summed E-state index contributed by atoms with van der Waals surface area (Å²) in [6.07, 6.45) is 3.39. The molecule has 0 unspecified atom stereocenters. The molecule has 2 aromatic heterocycles. The van der Waals surface area contributed by atoms with Crippen molar-refractivity contribution >= 4 is 27.3 Å². The van der Waals surface area contributed by atoms with Crippen LogP contribution in [0.25, 0.3) is 10.2 Å². The molecule has 1 aliphatic carbocycles. The van der Waals surface area contributed by atoms with Crippen LogP contribution in [0.2, 0.25) is 0 Å². The Morgan fingerprint density at radius 2 is 1.97 bits per heavy atom. The maximum atomic E-state index is 12.3. The molecular weight excluding hydrogens is 402 g/mol. The molecule has 3 rings (SSSR count). The standard InChI is InChI=1S/C20H26F2N2O4S/c1-12(7-13(2)25)10-26-14-3-5-15(6-4-14)28-20-24-16-9-23-19(8-17(16)29-20)27-11-18(21)22/h8-9,12,14-15,18H,3-7,10-11H2,1-2H3/t12-,14?,15?/m1/s1. The zero-order valence-corrected chi connectivity index (χ0v) is 17.4. The minimum absolute atomic E-state index is 0.0765. The average molecular weight is 429 g/mol. The number of carbonyl (C=O) groups is 1. The van der Waals surface area contributed by atoms with Crippen LogP contribution < -0.4 is 9.47 Å². The van der Waals surface area contributed by atoms with Crippen LogP contribution in [0.15, 0.2) is 12.3 Å². The van der Waals surface area contributed by atoms with Crippen molar-refractivity contribution in [3.05, 3.63) is 12.3 Å². The second kappa shape index (κ2) is 10.2. The molecule has 29 heavy (non-hydrogen) atoms. The largest absolute Gasteiger partial charge is 0.472 e. The summed E-state index contributed by atoms with van der Waals surface area (Å²) in [5.74, 6) is 0.592. The van der Waals surface area contributed by atoms with Crippen LogP contribution in [-0.4, -0.2) is 47.6 Å². The molecule has 0 saturated heterocycles. The van der Waals surface area contributed by atoms with Crippen LogP contribution in [0.3, 0.4) is 0 Å². The number of fused-ring (bicyclic) bond motifs is 1. The van der Waals surface area contributed by atoms with Crippen LogP contribution in [0, 0.1) is 5.92 Å². The van der Waals surface area contributed by atoms with Crippen molar-refractivity contribution in [1.82, 2.24) is 9.97 Å². The molecule has 0 radical (unpaired) electrons. The number of alkyl halides is 2. The summed E-state index contributed by atoms with van der Waals surface area (Å²) in [4.78, 5) is 19.6. The van der Waals surface area contributed by atoms with E-state index in [9.17, 15) is 13.6 Å². The molecule has 6 nitrogen and oxygen atoms in total. The second-order valence-corrected chi connectivity index (χ2v) is 8.53. The SMILES string of the molecule is CC(=O)C[C@@H](C)COC1CCC(Oc2nc3cnc(OCC(F)F)cc3s2)CC1. The highest BCUT2D eigenvalue weighted by molar-refractivity contribution is 7.20. The van der Waals surface area contributed by atoms with Gasteiger partial charge in [0.1, 0.15) is 17.4 Å². The van der Waals surface area contributed by atoms with Crippen molar-refractivity contribution in [2.45, 2.75) is 64.6 Å². The van der Waals surface area contributed by atoms with Gasteiger partial charge in [0.05, 0.1) is 17.0 Å². The van der Waals surface area contributed by atoms with Gasteiger partial charge in [-0.25, -0.2) is 18.7 Å². The molecule has 0 aliphatic heterocycles. The number of carbonyl (C=O) groups excluding carboxylic acids is 1. The Kier molecular flexibility index (Phi) is 7.71. The number of pyridine rings is 1. The minimum Gasteiger partial charge on any atom is -0.472 e. The number of nitrogens with zero attached hydrogens (tertiary/aromatic N) is 2. The van der Waals surface area contributed by atoms with Crippen molar-refractivity contribution in [1.29, 1.82) is 0 Å². The summed E-state index contributed by atoms with van der Waals surface area (Å²) >= 11 is 1.36. The van der Waals surface area contributed by atoms with Gasteiger partial charge in [-0.2, -0.15) is 0 Å². The smallest absolute Gasteiger partial charge is 0.274 e. The summed E-state index contributed by atoms with van der Waals surface area (Å²) in [7, 11) is 0. The Hall–Kier alpha value is -1.87. The third-order valence-corrected chi connectivity index (χ3v) is 5.64. The van der Waals surface area contributed by atoms with E-state index in [1.165, 1.54) is 17.5 Å². The Morgan fingerprint density at radius 3 is 2.66 bits per heavy atom. The summed E-state index contributed by atoms with van der Waals surface area (Å²) in [5, 5.41) is 0.548. The van der Waals surface area contributed by atoms with E-state index in [-0.39, 0.29) is 29.8 Å². The van der Waals surface area contributed by atoms with E-state index in [0.29, 0.717) is 23.7 Å². The van der Waals surface area contributed by atoms with E-state index in [0.717, 1.165) is 30.4 Å². The number of thiazole rings is 1. The highest BCUT2D eigenvalue weighted by atomic mass is 32.1. The zero-order valence-electron chi connectivity index (χ0n) is 16.6. The predicted octanol–water partition coefficient (Wildman–Crippen LogP) is 4.66. The van der Waals surface area contributed by atoms with E-state index in [1.54, 1.807) is 13.0 Å². The lowest BCUT2D eigenvalue weighted by atomic mass is 9.95. The molecule has 0 N–H and O–H groups in total. The molecular formula is C20H26F2N2O4S. The Bertz CT molecular complexity index is 809. The fourth-order valence-corrected chi connectivity index (χ4v) is 4.26. The molecule has 9 heteroatoms. The average Bonchev–Trinajstić information content (AvgIpc) is 3.06. The third-order valence-electron chi connectivity index (χ3n) is 4.73. The van der Waals surface area contributed by atoms with Crippen molar-refractivity contribution in [2.24, 2.45) is 5.92 Å². The highest BCUT2D eigenvalue weighted by Gasteiger charge is 2.24. The Balaban J connectivity index is 1.46. The third kappa shape index (κ3) is 6.85. The predicted molar refractivity (Wildman–Crippen MR) is 106 cm³/mol. The van der Waals surface area contributed by atoms with Gasteiger partial charge >= 0.3 is 0 Å².